The van der Waals surface area contributed by atoms with Crippen LogP contribution >= 0.6 is 0 Å². The third-order valence-electron chi connectivity index (χ3n) is 10.5. The van der Waals surface area contributed by atoms with E-state index in [2.05, 4.69) is 39.2 Å². The predicted molar refractivity (Wildman–Crippen MR) is 260 cm³/mol. The molecule has 0 aliphatic rings. The van der Waals surface area contributed by atoms with Gasteiger partial charge in [-0.2, -0.15) is 10.2 Å². The second-order valence-electron chi connectivity index (χ2n) is 16.1. The summed E-state index contributed by atoms with van der Waals surface area (Å²) in [5.41, 5.74) is 3.02. The molecule has 0 aliphatic carbocycles. The maximum absolute atomic E-state index is 12.4. The van der Waals surface area contributed by atoms with Gasteiger partial charge in [0, 0.05) is 55.0 Å². The Bertz CT molecular complexity index is 1830. The van der Waals surface area contributed by atoms with Crippen LogP contribution in [0, 0.1) is 10.1 Å². The highest BCUT2D eigenvalue weighted by Gasteiger charge is 2.15. The van der Waals surface area contributed by atoms with Crippen LogP contribution in [0.5, 0.6) is 11.5 Å². The van der Waals surface area contributed by atoms with Gasteiger partial charge >= 0.3 is 5.97 Å². The van der Waals surface area contributed by atoms with Crippen LogP contribution in [0.4, 0.5) is 28.4 Å². The summed E-state index contributed by atoms with van der Waals surface area (Å²) in [5, 5.41) is 26.6. The number of hydrogen-bond acceptors (Lipinski definition) is 13. The minimum atomic E-state index is -0.500. The second-order valence-corrected chi connectivity index (χ2v) is 16.1. The number of azo groups is 2. The molecule has 65 heavy (non-hydrogen) atoms. The first-order chi connectivity index (χ1) is 31.6. The minimum Gasteiger partial charge on any atom is -0.491 e. The molecular weight excluding hydrogens is 825 g/mol. The molecule has 3 aromatic carbocycles. The number of ether oxygens (including phenoxy) is 3. The Morgan fingerprint density at radius 3 is 1.52 bits per heavy atom. The summed E-state index contributed by atoms with van der Waals surface area (Å²) in [4.78, 5) is 46.6. The molecule has 0 N–H and O–H groups in total. The first-order valence-corrected chi connectivity index (χ1v) is 24.0. The Hall–Kier alpha value is -5.53. The van der Waals surface area contributed by atoms with Gasteiger partial charge in [0.1, 0.15) is 41.0 Å². The molecule has 0 atom stereocenters. The largest absolute Gasteiger partial charge is 0.491 e. The standard InChI is InChI=1S/C50H73N5O6.CH3NO2/c1-5-8-9-10-11-12-13-14-15-16-17-18-19-20-21-25-28-50(58)61-38-35-55(7-3)44-31-29-43(30-32-44)52-54-47-39-48(59-36-33-41(4)56)46(53-51-42-26-23-22-24-27-42)40-49(47)60-37-34-45(57)6-2;1-2(3)4/h22-24,26-27,29-32,39-40H,5-21,25,28,33-38H2,1-4H3;1H3. The van der Waals surface area contributed by atoms with E-state index in [1.165, 1.54) is 96.8 Å². The van der Waals surface area contributed by atoms with Crippen LogP contribution in [0.2, 0.25) is 0 Å². The van der Waals surface area contributed by atoms with Gasteiger partial charge in [-0.05, 0) is 56.7 Å². The van der Waals surface area contributed by atoms with Crippen LogP contribution in [-0.4, -0.2) is 62.4 Å². The van der Waals surface area contributed by atoms with Gasteiger partial charge < -0.3 is 19.1 Å². The zero-order chi connectivity index (χ0) is 47.3. The van der Waals surface area contributed by atoms with Crippen LogP contribution in [0.1, 0.15) is 156 Å². The van der Waals surface area contributed by atoms with Crippen molar-refractivity contribution in [2.24, 2.45) is 20.5 Å². The number of likely N-dealkylation sites (N-methyl/N-ethyl adjacent to an activating group) is 1. The van der Waals surface area contributed by atoms with E-state index >= 15 is 0 Å². The molecule has 358 valence electrons. The fourth-order valence-electron chi connectivity index (χ4n) is 6.76. The molecule has 14 heteroatoms. The smallest absolute Gasteiger partial charge is 0.305 e. The van der Waals surface area contributed by atoms with Crippen molar-refractivity contribution in [3.63, 3.8) is 0 Å². The van der Waals surface area contributed by atoms with Crippen molar-refractivity contribution in [3.05, 3.63) is 76.8 Å². The summed E-state index contributed by atoms with van der Waals surface area (Å²) in [7, 11) is 0.889. The van der Waals surface area contributed by atoms with Gasteiger partial charge in [-0.25, -0.2) is 0 Å². The lowest BCUT2D eigenvalue weighted by Crippen LogP contribution is -2.27. The molecule has 14 nitrogen and oxygen atoms in total. The van der Waals surface area contributed by atoms with Gasteiger partial charge in [0.2, 0.25) is 0 Å². The van der Waals surface area contributed by atoms with E-state index in [1.807, 2.05) is 61.5 Å². The van der Waals surface area contributed by atoms with Crippen molar-refractivity contribution >= 4 is 46.0 Å². The topological polar surface area (TPSA) is 175 Å². The highest BCUT2D eigenvalue weighted by Crippen LogP contribution is 2.41. The Morgan fingerprint density at radius 1 is 0.600 bits per heavy atom. The van der Waals surface area contributed by atoms with Gasteiger partial charge in [-0.3, -0.25) is 24.5 Å². The monoisotopic (exact) mass is 901 g/mol. The van der Waals surface area contributed by atoms with Gasteiger partial charge in [0.15, 0.2) is 7.05 Å². The number of unbranched alkanes of at least 4 members (excludes halogenated alkanes) is 15. The average Bonchev–Trinajstić information content (AvgIpc) is 3.29. The van der Waals surface area contributed by atoms with E-state index in [0.717, 1.165) is 32.1 Å². The molecule has 0 saturated heterocycles. The molecule has 0 unspecified atom stereocenters. The Kier molecular flexibility index (Phi) is 30.6. The van der Waals surface area contributed by atoms with Crippen molar-refractivity contribution < 1.29 is 33.5 Å². The number of hydrogen-bond donors (Lipinski definition) is 0. The molecule has 0 fully saturated rings. The zero-order valence-electron chi connectivity index (χ0n) is 40.0. The molecule has 0 bridgehead atoms. The Labute approximate surface area is 388 Å². The number of nitro groups is 1. The van der Waals surface area contributed by atoms with E-state index in [1.54, 1.807) is 12.1 Å². The molecular formula is C51H76N6O8. The van der Waals surface area contributed by atoms with Crippen molar-refractivity contribution in [2.45, 2.75) is 156 Å². The summed E-state index contributed by atoms with van der Waals surface area (Å²) in [6.45, 7) is 9.65. The van der Waals surface area contributed by atoms with Crippen molar-refractivity contribution in [3.8, 4) is 11.5 Å². The third kappa shape index (κ3) is 27.4. The quantitative estimate of drug-likeness (QED) is 0.0183. The first-order valence-electron chi connectivity index (χ1n) is 24.0. The number of Topliss-reactive ketones (excluding diaryl/α,β-unsaturated/α-hetero) is 2. The fraction of sp³-hybridized carbons (Fsp3) is 0.588. The molecule has 0 radical (unpaired) electrons. The minimum absolute atomic E-state index is 0.000224. The lowest BCUT2D eigenvalue weighted by atomic mass is 10.0. The summed E-state index contributed by atoms with van der Waals surface area (Å²) in [5.74, 6) is 0.691. The Balaban J connectivity index is 0.00000348. The number of anilines is 1. The molecule has 0 heterocycles. The molecule has 0 aliphatic heterocycles. The van der Waals surface area contributed by atoms with E-state index in [9.17, 15) is 14.4 Å². The summed E-state index contributed by atoms with van der Waals surface area (Å²) in [6.07, 6.45) is 22.3. The third-order valence-corrected chi connectivity index (χ3v) is 10.5. The highest BCUT2D eigenvalue weighted by molar-refractivity contribution is 5.78. The number of carbonyl (C=O) groups is 3. The zero-order valence-corrected chi connectivity index (χ0v) is 40.0. The van der Waals surface area contributed by atoms with Gasteiger partial charge in [-0.1, -0.05) is 128 Å². The van der Waals surface area contributed by atoms with Crippen LogP contribution in [-0.2, 0) is 19.1 Å². The Morgan fingerprint density at radius 2 is 1.06 bits per heavy atom. The maximum atomic E-state index is 12.4. The average molecular weight is 901 g/mol. The number of esters is 1. The molecule has 3 rings (SSSR count). The molecule has 0 aromatic heterocycles. The molecule has 3 aromatic rings. The van der Waals surface area contributed by atoms with E-state index < -0.39 is 4.92 Å². The van der Waals surface area contributed by atoms with E-state index in [-0.39, 0.29) is 43.6 Å². The summed E-state index contributed by atoms with van der Waals surface area (Å²) < 4.78 is 17.6. The number of benzene rings is 3. The lowest BCUT2D eigenvalue weighted by Gasteiger charge is -2.23. The molecule has 0 amide bonds. The summed E-state index contributed by atoms with van der Waals surface area (Å²) in [6, 6.07) is 20.3. The predicted octanol–water partition coefficient (Wildman–Crippen LogP) is 14.5. The van der Waals surface area contributed by atoms with Gasteiger partial charge in [0.25, 0.3) is 0 Å². The highest BCUT2D eigenvalue weighted by atomic mass is 16.6. The van der Waals surface area contributed by atoms with Gasteiger partial charge in [0.05, 0.1) is 31.1 Å². The summed E-state index contributed by atoms with van der Waals surface area (Å²) >= 11 is 0. The van der Waals surface area contributed by atoms with Crippen LogP contribution < -0.4 is 14.4 Å². The van der Waals surface area contributed by atoms with E-state index in [4.69, 9.17) is 24.3 Å². The van der Waals surface area contributed by atoms with Crippen molar-refractivity contribution in [1.29, 1.82) is 0 Å². The van der Waals surface area contributed by atoms with Crippen molar-refractivity contribution in [2.75, 3.05) is 44.9 Å². The van der Waals surface area contributed by atoms with E-state index in [0.29, 0.717) is 60.2 Å². The number of rotatable bonds is 35. The SMILES string of the molecule is CCCCCCCCCCCCCCCCCCC(=O)OCCN(CC)c1ccc(N=Nc2cc(OCCC(C)=O)c(N=Nc3ccccc3)cc2OCCC(=O)CC)cc1.C[N+](=O)[O-]. The maximum Gasteiger partial charge on any atom is 0.305 e. The second kappa shape index (κ2) is 35.8. The fourth-order valence-corrected chi connectivity index (χ4v) is 6.76. The number of carbonyl (C=O) groups excluding carboxylic acids is 3. The van der Waals surface area contributed by atoms with Crippen LogP contribution in [0.3, 0.4) is 0 Å². The number of nitrogens with zero attached hydrogens (tertiary/aromatic N) is 6. The van der Waals surface area contributed by atoms with Crippen LogP contribution in [0.15, 0.2) is 87.2 Å². The van der Waals surface area contributed by atoms with Crippen LogP contribution in [0.25, 0.3) is 0 Å². The lowest BCUT2D eigenvalue weighted by molar-refractivity contribution is -0.445. The normalized spacial score (nSPS) is 11.0. The molecule has 0 saturated carbocycles. The molecule has 0 spiro atoms. The van der Waals surface area contributed by atoms with Gasteiger partial charge in [-0.15, -0.1) is 10.2 Å². The van der Waals surface area contributed by atoms with Crippen molar-refractivity contribution in [1.82, 2.24) is 0 Å². The first kappa shape index (κ1) is 55.6. The number of ketones is 2.